The third kappa shape index (κ3) is 3.72. The summed E-state index contributed by atoms with van der Waals surface area (Å²) in [7, 11) is 0. The van der Waals surface area contributed by atoms with Crippen LogP contribution in [0.1, 0.15) is 50.6 Å². The number of hydrogen-bond donors (Lipinski definition) is 1. The minimum absolute atomic E-state index is 0.0613. The molecule has 0 amide bonds. The van der Waals surface area contributed by atoms with Crippen molar-refractivity contribution >= 4 is 11.6 Å². The maximum atomic E-state index is 13.6. The van der Waals surface area contributed by atoms with Crippen molar-refractivity contribution in [2.75, 3.05) is 13.1 Å². The average molecular weight is 299 g/mol. The molecule has 1 aliphatic heterocycles. The Balaban J connectivity index is 2.28. The van der Waals surface area contributed by atoms with Crippen molar-refractivity contribution in [3.05, 3.63) is 34.6 Å². The molecule has 1 aromatic carbocycles. The van der Waals surface area contributed by atoms with Gasteiger partial charge in [0, 0.05) is 23.7 Å². The minimum atomic E-state index is -0.283. The molecule has 1 aliphatic rings. The highest BCUT2D eigenvalue weighted by molar-refractivity contribution is 6.30. The van der Waals surface area contributed by atoms with Crippen LogP contribution in [0.15, 0.2) is 18.2 Å². The second-order valence-corrected chi connectivity index (χ2v) is 6.04. The number of halogens is 2. The monoisotopic (exact) mass is 298 g/mol. The Kier molecular flexibility index (Phi) is 5.82. The molecule has 0 spiro atoms. The van der Waals surface area contributed by atoms with Crippen LogP contribution >= 0.6 is 11.6 Å². The van der Waals surface area contributed by atoms with Gasteiger partial charge in [0.1, 0.15) is 5.82 Å². The summed E-state index contributed by atoms with van der Waals surface area (Å²) in [4.78, 5) is 2.46. The molecule has 0 saturated carbocycles. The summed E-state index contributed by atoms with van der Waals surface area (Å²) in [6.45, 7) is 3.75. The van der Waals surface area contributed by atoms with Gasteiger partial charge in [0.2, 0.25) is 0 Å². The van der Waals surface area contributed by atoms with Gasteiger partial charge < -0.3 is 5.73 Å². The van der Waals surface area contributed by atoms with Crippen molar-refractivity contribution in [1.82, 2.24) is 4.90 Å². The van der Waals surface area contributed by atoms with Gasteiger partial charge in [-0.15, -0.1) is 0 Å². The van der Waals surface area contributed by atoms with Crippen molar-refractivity contribution in [2.24, 2.45) is 5.73 Å². The predicted octanol–water partition coefficient (Wildman–Crippen LogP) is 4.13. The Hall–Kier alpha value is -0.640. The fourth-order valence-electron chi connectivity index (χ4n) is 3.28. The molecule has 2 rings (SSSR count). The Bertz CT molecular complexity index is 418. The summed E-state index contributed by atoms with van der Waals surface area (Å²) >= 11 is 5.99. The fourth-order valence-corrected chi connectivity index (χ4v) is 3.51. The van der Waals surface area contributed by atoms with Gasteiger partial charge in [-0.3, -0.25) is 4.90 Å². The van der Waals surface area contributed by atoms with Gasteiger partial charge in [-0.05, 0) is 49.6 Å². The first kappa shape index (κ1) is 15.7. The van der Waals surface area contributed by atoms with Crippen LogP contribution in [-0.4, -0.2) is 24.0 Å². The lowest BCUT2D eigenvalue weighted by molar-refractivity contribution is 0.135. The van der Waals surface area contributed by atoms with Crippen molar-refractivity contribution < 1.29 is 4.39 Å². The van der Waals surface area contributed by atoms with Gasteiger partial charge in [0.25, 0.3) is 0 Å². The van der Waals surface area contributed by atoms with Crippen LogP contribution in [0, 0.1) is 5.82 Å². The largest absolute Gasteiger partial charge is 0.329 e. The number of nitrogens with two attached hydrogens (primary N) is 1. The number of likely N-dealkylation sites (tertiary alicyclic amines) is 1. The van der Waals surface area contributed by atoms with Gasteiger partial charge in [-0.1, -0.05) is 31.4 Å². The molecular formula is C16H24ClFN2. The molecule has 0 radical (unpaired) electrons. The summed E-state index contributed by atoms with van der Waals surface area (Å²) in [6, 6.07) is 5.36. The van der Waals surface area contributed by atoms with E-state index in [0.29, 0.717) is 17.6 Å². The second-order valence-electron chi connectivity index (χ2n) is 5.60. The van der Waals surface area contributed by atoms with E-state index >= 15 is 0 Å². The lowest BCUT2D eigenvalue weighted by Crippen LogP contribution is -2.41. The molecule has 1 fully saturated rings. The van der Waals surface area contributed by atoms with Crippen LogP contribution in [0.4, 0.5) is 4.39 Å². The van der Waals surface area contributed by atoms with E-state index in [1.165, 1.54) is 31.7 Å². The van der Waals surface area contributed by atoms with Crippen molar-refractivity contribution in [3.8, 4) is 0 Å². The Morgan fingerprint density at radius 1 is 1.35 bits per heavy atom. The predicted molar refractivity (Wildman–Crippen MR) is 82.5 cm³/mol. The van der Waals surface area contributed by atoms with Crippen LogP contribution in [0.2, 0.25) is 5.02 Å². The third-order valence-electron chi connectivity index (χ3n) is 4.29. The molecule has 20 heavy (non-hydrogen) atoms. The molecule has 112 valence electrons. The number of benzene rings is 1. The molecule has 0 aliphatic carbocycles. The van der Waals surface area contributed by atoms with Crippen LogP contribution in [0.25, 0.3) is 0 Å². The van der Waals surface area contributed by atoms with Crippen LogP contribution in [0.3, 0.4) is 0 Å². The van der Waals surface area contributed by atoms with Crippen molar-refractivity contribution in [3.63, 3.8) is 0 Å². The Morgan fingerprint density at radius 2 is 2.15 bits per heavy atom. The highest BCUT2D eigenvalue weighted by Gasteiger charge is 2.27. The summed E-state index contributed by atoms with van der Waals surface area (Å²) in [6.07, 6.45) is 6.05. The maximum absolute atomic E-state index is 13.6. The Morgan fingerprint density at radius 3 is 2.80 bits per heavy atom. The van der Waals surface area contributed by atoms with Crippen molar-refractivity contribution in [2.45, 2.75) is 51.1 Å². The van der Waals surface area contributed by atoms with E-state index in [0.717, 1.165) is 18.5 Å². The Labute approximate surface area is 126 Å². The number of hydrogen-bond acceptors (Lipinski definition) is 2. The topological polar surface area (TPSA) is 29.3 Å². The molecule has 2 nitrogen and oxygen atoms in total. The highest BCUT2D eigenvalue weighted by atomic mass is 35.5. The molecule has 2 unspecified atom stereocenters. The lowest BCUT2D eigenvalue weighted by Gasteiger charge is -2.36. The third-order valence-corrected chi connectivity index (χ3v) is 4.51. The van der Waals surface area contributed by atoms with E-state index in [1.54, 1.807) is 6.07 Å². The first-order chi connectivity index (χ1) is 9.65. The molecule has 2 N–H and O–H groups in total. The summed E-state index contributed by atoms with van der Waals surface area (Å²) < 4.78 is 13.6. The van der Waals surface area contributed by atoms with Gasteiger partial charge in [-0.25, -0.2) is 4.39 Å². The molecule has 1 heterocycles. The van der Waals surface area contributed by atoms with Crippen LogP contribution < -0.4 is 5.73 Å². The maximum Gasteiger partial charge on any atom is 0.125 e. The quantitative estimate of drug-likeness (QED) is 0.905. The van der Waals surface area contributed by atoms with E-state index < -0.39 is 0 Å². The van der Waals surface area contributed by atoms with Gasteiger partial charge in [-0.2, -0.15) is 0 Å². The minimum Gasteiger partial charge on any atom is -0.329 e. The van der Waals surface area contributed by atoms with Crippen molar-refractivity contribution in [1.29, 1.82) is 0 Å². The zero-order valence-corrected chi connectivity index (χ0v) is 12.9. The van der Waals surface area contributed by atoms with Crippen LogP contribution in [-0.2, 0) is 0 Å². The van der Waals surface area contributed by atoms with Gasteiger partial charge in [0.15, 0.2) is 0 Å². The fraction of sp³-hybridized carbons (Fsp3) is 0.625. The van der Waals surface area contributed by atoms with Crippen LogP contribution in [0.5, 0.6) is 0 Å². The average Bonchev–Trinajstić information content (AvgIpc) is 2.64. The van der Waals surface area contributed by atoms with E-state index in [1.807, 2.05) is 6.07 Å². The standard InChI is InChI=1S/C16H24ClFN2/c1-2-15-6-4-3-5-7-20(15)16(11-19)12-8-13(17)10-14(18)9-12/h8-10,15-16H,2-7,11,19H2,1H3. The number of rotatable bonds is 4. The first-order valence-electron chi connectivity index (χ1n) is 7.57. The molecule has 2 atom stereocenters. The zero-order chi connectivity index (χ0) is 14.5. The molecule has 1 aromatic rings. The molecule has 4 heteroatoms. The van der Waals surface area contributed by atoms with E-state index in [9.17, 15) is 4.39 Å². The summed E-state index contributed by atoms with van der Waals surface area (Å²) in [5.74, 6) is -0.283. The molecular weight excluding hydrogens is 275 g/mol. The molecule has 0 aromatic heterocycles. The number of nitrogens with zero attached hydrogens (tertiary/aromatic N) is 1. The highest BCUT2D eigenvalue weighted by Crippen LogP contribution is 2.30. The van der Waals surface area contributed by atoms with E-state index in [2.05, 4.69) is 11.8 Å². The molecule has 0 bridgehead atoms. The van der Waals surface area contributed by atoms with E-state index in [-0.39, 0.29) is 11.9 Å². The first-order valence-corrected chi connectivity index (χ1v) is 7.95. The normalized spacial score (nSPS) is 22.5. The second kappa shape index (κ2) is 7.39. The molecule has 1 saturated heterocycles. The van der Waals surface area contributed by atoms with E-state index in [4.69, 9.17) is 17.3 Å². The van der Waals surface area contributed by atoms with Gasteiger partial charge >= 0.3 is 0 Å². The SMILES string of the molecule is CCC1CCCCCN1C(CN)c1cc(F)cc(Cl)c1. The zero-order valence-electron chi connectivity index (χ0n) is 12.1. The lowest BCUT2D eigenvalue weighted by atomic mass is 10.0. The van der Waals surface area contributed by atoms with Gasteiger partial charge in [0.05, 0.1) is 0 Å². The smallest absolute Gasteiger partial charge is 0.125 e. The summed E-state index contributed by atoms with van der Waals surface area (Å²) in [5, 5.41) is 0.446. The summed E-state index contributed by atoms with van der Waals surface area (Å²) in [5.41, 5.74) is 6.90.